The van der Waals surface area contributed by atoms with Crippen LogP contribution < -0.4 is 0 Å². The molecule has 0 unspecified atom stereocenters. The Labute approximate surface area is 103 Å². The van der Waals surface area contributed by atoms with Crippen LogP contribution >= 0.6 is 0 Å². The number of esters is 2. The average molecular weight is 253 g/mol. The predicted octanol–water partition coefficient (Wildman–Crippen LogP) is -0.469. The summed E-state index contributed by atoms with van der Waals surface area (Å²) in [5, 5.41) is 0. The van der Waals surface area contributed by atoms with Crippen molar-refractivity contribution < 1.29 is 28.7 Å². The molecule has 0 saturated heterocycles. The summed E-state index contributed by atoms with van der Waals surface area (Å²) in [7, 11) is 1.10. The highest BCUT2D eigenvalue weighted by Gasteiger charge is 2.32. The minimum atomic E-state index is -0.951. The van der Waals surface area contributed by atoms with Crippen LogP contribution in [0, 0.1) is 0 Å². The van der Waals surface area contributed by atoms with Crippen LogP contribution in [0.1, 0.15) is 6.92 Å². The van der Waals surface area contributed by atoms with Gasteiger partial charge in [0.1, 0.15) is 5.70 Å². The van der Waals surface area contributed by atoms with E-state index in [1.165, 1.54) is 0 Å². The molecule has 1 aliphatic heterocycles. The maximum absolute atomic E-state index is 11.6. The lowest BCUT2D eigenvalue weighted by Crippen LogP contribution is -2.34. The molecule has 18 heavy (non-hydrogen) atoms. The molecule has 0 aliphatic carbocycles. The number of hydrogen-bond acceptors (Lipinski definition) is 6. The minimum Gasteiger partial charge on any atom is -0.466 e. The molecule has 0 atom stereocenters. The summed E-state index contributed by atoms with van der Waals surface area (Å²) >= 11 is 0. The fraction of sp³-hybridized carbons (Fsp3) is 0.273. The molecule has 7 heteroatoms. The largest absolute Gasteiger partial charge is 0.466 e. The molecule has 1 rings (SSSR count). The Balaban J connectivity index is 3.09. The van der Waals surface area contributed by atoms with Gasteiger partial charge in [-0.1, -0.05) is 0 Å². The summed E-state index contributed by atoms with van der Waals surface area (Å²) < 4.78 is 9.02. The Morgan fingerprint density at radius 2 is 1.83 bits per heavy atom. The molecular formula is C11H11NO6. The molecule has 0 aromatic heterocycles. The smallest absolute Gasteiger partial charge is 0.355 e. The van der Waals surface area contributed by atoms with E-state index in [0.29, 0.717) is 4.90 Å². The van der Waals surface area contributed by atoms with Gasteiger partial charge in [-0.25, -0.2) is 14.5 Å². The molecular weight excluding hydrogens is 242 g/mol. The first-order valence-corrected chi connectivity index (χ1v) is 5.04. The Morgan fingerprint density at radius 3 is 2.28 bits per heavy atom. The van der Waals surface area contributed by atoms with E-state index in [4.69, 9.17) is 0 Å². The normalized spacial score (nSPS) is 15.0. The van der Waals surface area contributed by atoms with Crippen molar-refractivity contribution >= 4 is 23.8 Å². The third-order valence-electron chi connectivity index (χ3n) is 1.99. The van der Waals surface area contributed by atoms with Crippen molar-refractivity contribution in [2.75, 3.05) is 13.7 Å². The molecule has 2 amide bonds. The minimum absolute atomic E-state index is 0.0427. The van der Waals surface area contributed by atoms with Gasteiger partial charge in [0.25, 0.3) is 11.8 Å². The summed E-state index contributed by atoms with van der Waals surface area (Å²) in [4.78, 5) is 46.1. The zero-order valence-electron chi connectivity index (χ0n) is 9.84. The van der Waals surface area contributed by atoms with Gasteiger partial charge in [0.2, 0.25) is 0 Å². The predicted molar refractivity (Wildman–Crippen MR) is 57.7 cm³/mol. The topological polar surface area (TPSA) is 90.0 Å². The van der Waals surface area contributed by atoms with E-state index in [1.54, 1.807) is 6.92 Å². The van der Waals surface area contributed by atoms with Crippen LogP contribution in [0.15, 0.2) is 23.9 Å². The Kier molecular flexibility index (Phi) is 4.36. The molecule has 7 nitrogen and oxygen atoms in total. The number of hydrogen-bond donors (Lipinski definition) is 0. The first-order valence-electron chi connectivity index (χ1n) is 5.04. The first kappa shape index (κ1) is 13.6. The van der Waals surface area contributed by atoms with E-state index < -0.39 is 29.5 Å². The van der Waals surface area contributed by atoms with Gasteiger partial charge in [-0.3, -0.25) is 9.59 Å². The number of nitrogens with zero attached hydrogens (tertiary/aromatic N) is 1. The molecule has 0 fully saturated rings. The molecule has 0 saturated carbocycles. The van der Waals surface area contributed by atoms with Gasteiger partial charge in [0.15, 0.2) is 0 Å². The van der Waals surface area contributed by atoms with Crippen LogP contribution in [0.25, 0.3) is 0 Å². The number of rotatable bonds is 4. The fourth-order valence-corrected chi connectivity index (χ4v) is 1.23. The van der Waals surface area contributed by atoms with Gasteiger partial charge in [0, 0.05) is 12.2 Å². The zero-order valence-corrected chi connectivity index (χ0v) is 9.84. The van der Waals surface area contributed by atoms with E-state index >= 15 is 0 Å². The first-order chi connectivity index (χ1) is 8.51. The molecule has 0 spiro atoms. The second-order valence-electron chi connectivity index (χ2n) is 3.12. The van der Waals surface area contributed by atoms with Gasteiger partial charge in [0.05, 0.1) is 19.8 Å². The van der Waals surface area contributed by atoms with Gasteiger partial charge >= 0.3 is 11.9 Å². The highest BCUT2D eigenvalue weighted by atomic mass is 16.5. The van der Waals surface area contributed by atoms with E-state index in [1.807, 2.05) is 0 Å². The zero-order chi connectivity index (χ0) is 13.7. The second kappa shape index (κ2) is 5.76. The Hall–Kier alpha value is -2.44. The number of carbonyl (C=O) groups excluding carboxylic acids is 4. The van der Waals surface area contributed by atoms with E-state index in [9.17, 15) is 19.2 Å². The number of amides is 2. The fourth-order valence-electron chi connectivity index (χ4n) is 1.23. The molecule has 0 radical (unpaired) electrons. The van der Waals surface area contributed by atoms with Gasteiger partial charge in [-0.05, 0) is 6.92 Å². The second-order valence-corrected chi connectivity index (χ2v) is 3.12. The summed E-state index contributed by atoms with van der Waals surface area (Å²) in [6.45, 7) is 1.60. The van der Waals surface area contributed by atoms with Gasteiger partial charge in [-0.2, -0.15) is 0 Å². The number of ether oxygens (including phenoxy) is 2. The van der Waals surface area contributed by atoms with Crippen molar-refractivity contribution in [3.05, 3.63) is 23.9 Å². The van der Waals surface area contributed by atoms with Crippen LogP contribution in [0.2, 0.25) is 0 Å². The van der Waals surface area contributed by atoms with E-state index in [0.717, 1.165) is 25.3 Å². The van der Waals surface area contributed by atoms with Crippen molar-refractivity contribution in [2.24, 2.45) is 0 Å². The van der Waals surface area contributed by atoms with Crippen LogP contribution in [-0.2, 0) is 28.7 Å². The van der Waals surface area contributed by atoms with Crippen LogP contribution in [0.3, 0.4) is 0 Å². The van der Waals surface area contributed by atoms with Gasteiger partial charge in [-0.15, -0.1) is 0 Å². The van der Waals surface area contributed by atoms with E-state index in [-0.39, 0.29) is 6.61 Å². The van der Waals surface area contributed by atoms with Crippen molar-refractivity contribution in [2.45, 2.75) is 6.92 Å². The molecule has 0 bridgehead atoms. The lowest BCUT2D eigenvalue weighted by atomic mass is 10.3. The standard InChI is InChI=1S/C11H11NO6/c1-3-18-11(16)7(6-10(15)17-2)12-8(13)4-5-9(12)14/h4-6H,3H2,1-2H3/b7-6-. The summed E-state index contributed by atoms with van der Waals surface area (Å²) in [5.41, 5.74) is -0.469. The number of imide groups is 1. The van der Waals surface area contributed by atoms with Crippen molar-refractivity contribution in [3.8, 4) is 0 Å². The highest BCUT2D eigenvalue weighted by Crippen LogP contribution is 2.14. The lowest BCUT2D eigenvalue weighted by molar-refractivity contribution is -0.146. The third kappa shape index (κ3) is 2.82. The van der Waals surface area contributed by atoms with E-state index in [2.05, 4.69) is 9.47 Å². The van der Waals surface area contributed by atoms with Crippen molar-refractivity contribution in [1.82, 2.24) is 4.90 Å². The molecule has 0 aromatic rings. The van der Waals surface area contributed by atoms with Crippen LogP contribution in [0.5, 0.6) is 0 Å². The van der Waals surface area contributed by atoms with Crippen LogP contribution in [0.4, 0.5) is 0 Å². The SMILES string of the molecule is CCOC(=O)/C(=C/C(=O)OC)N1C(=O)C=CC1=O. The molecule has 1 heterocycles. The number of carbonyl (C=O) groups is 4. The summed E-state index contributed by atoms with van der Waals surface area (Å²) in [6, 6.07) is 0. The maximum Gasteiger partial charge on any atom is 0.355 e. The Morgan fingerprint density at radius 1 is 1.28 bits per heavy atom. The molecule has 96 valence electrons. The number of methoxy groups -OCH3 is 1. The van der Waals surface area contributed by atoms with Gasteiger partial charge < -0.3 is 9.47 Å². The lowest BCUT2D eigenvalue weighted by Gasteiger charge is -2.15. The quantitative estimate of drug-likeness (QED) is 0.382. The summed E-state index contributed by atoms with van der Waals surface area (Å²) in [6.07, 6.45) is 2.72. The third-order valence-corrected chi connectivity index (χ3v) is 1.99. The monoisotopic (exact) mass is 253 g/mol. The van der Waals surface area contributed by atoms with Crippen LogP contribution in [-0.4, -0.2) is 42.4 Å². The maximum atomic E-state index is 11.6. The molecule has 0 N–H and O–H groups in total. The Bertz CT molecular complexity index is 444. The molecule has 1 aliphatic rings. The highest BCUT2D eigenvalue weighted by molar-refractivity contribution is 6.18. The summed E-state index contributed by atoms with van der Waals surface area (Å²) in [5.74, 6) is -3.26. The molecule has 0 aromatic carbocycles. The van der Waals surface area contributed by atoms with Crippen molar-refractivity contribution in [3.63, 3.8) is 0 Å². The average Bonchev–Trinajstić information content (AvgIpc) is 2.66. The van der Waals surface area contributed by atoms with Crippen molar-refractivity contribution in [1.29, 1.82) is 0 Å².